The lowest BCUT2D eigenvalue weighted by Crippen LogP contribution is -2.47. The van der Waals surface area contributed by atoms with E-state index < -0.39 is 12.0 Å². The van der Waals surface area contributed by atoms with Crippen molar-refractivity contribution in [2.75, 3.05) is 18.5 Å². The molecule has 0 spiro atoms. The molecule has 146 valence electrons. The third-order valence-electron chi connectivity index (χ3n) is 4.44. The van der Waals surface area contributed by atoms with Crippen LogP contribution in [0.5, 0.6) is 0 Å². The standard InChI is InChI=1S/C20H27N3O4/c1-6-23-13(5)16(19(25)27-7-2)17(22-20(23)26)14-8-10-15(11-9-14)21-18(24)12(3)4/h8-12,17H,6-7H2,1-5H3,(H,21,24)(H,22,26). The van der Waals surface area contributed by atoms with Gasteiger partial charge < -0.3 is 15.4 Å². The Morgan fingerprint density at radius 2 is 1.85 bits per heavy atom. The van der Waals surface area contributed by atoms with Crippen LogP contribution in [-0.4, -0.2) is 36.0 Å². The van der Waals surface area contributed by atoms with E-state index in [1.165, 1.54) is 4.90 Å². The molecule has 0 aliphatic carbocycles. The zero-order valence-electron chi connectivity index (χ0n) is 16.5. The van der Waals surface area contributed by atoms with Crippen molar-refractivity contribution in [1.29, 1.82) is 0 Å². The number of benzene rings is 1. The van der Waals surface area contributed by atoms with Gasteiger partial charge in [0.1, 0.15) is 0 Å². The lowest BCUT2D eigenvalue weighted by atomic mass is 9.94. The number of hydrogen-bond donors (Lipinski definition) is 2. The van der Waals surface area contributed by atoms with Gasteiger partial charge in [0.2, 0.25) is 5.91 Å². The second kappa shape index (κ2) is 8.70. The zero-order valence-corrected chi connectivity index (χ0v) is 16.5. The Bertz CT molecular complexity index is 753. The maximum atomic E-state index is 12.5. The van der Waals surface area contributed by atoms with Crippen LogP contribution in [0.1, 0.15) is 46.2 Å². The van der Waals surface area contributed by atoms with E-state index in [0.717, 1.165) is 5.56 Å². The molecule has 1 aliphatic rings. The molecule has 0 saturated carbocycles. The average molecular weight is 373 g/mol. The molecule has 0 saturated heterocycles. The van der Waals surface area contributed by atoms with Crippen molar-refractivity contribution in [3.63, 3.8) is 0 Å². The molecule has 7 heteroatoms. The third kappa shape index (κ3) is 4.48. The largest absolute Gasteiger partial charge is 0.463 e. The van der Waals surface area contributed by atoms with Gasteiger partial charge in [-0.05, 0) is 38.5 Å². The van der Waals surface area contributed by atoms with Gasteiger partial charge in [-0.25, -0.2) is 9.59 Å². The van der Waals surface area contributed by atoms with Crippen molar-refractivity contribution >= 4 is 23.6 Å². The first-order valence-electron chi connectivity index (χ1n) is 9.16. The zero-order chi connectivity index (χ0) is 20.1. The molecule has 2 rings (SSSR count). The van der Waals surface area contributed by atoms with E-state index in [0.29, 0.717) is 23.5 Å². The topological polar surface area (TPSA) is 87.7 Å². The second-order valence-corrected chi connectivity index (χ2v) is 6.61. The number of urea groups is 1. The summed E-state index contributed by atoms with van der Waals surface area (Å²) in [5.74, 6) is -0.644. The van der Waals surface area contributed by atoms with E-state index in [-0.39, 0.29) is 24.5 Å². The molecule has 1 heterocycles. The van der Waals surface area contributed by atoms with Crippen LogP contribution >= 0.6 is 0 Å². The maximum Gasteiger partial charge on any atom is 0.338 e. The predicted octanol–water partition coefficient (Wildman–Crippen LogP) is 3.20. The molecular formula is C20H27N3O4. The van der Waals surface area contributed by atoms with Gasteiger partial charge in [0.05, 0.1) is 18.2 Å². The Balaban J connectivity index is 2.36. The number of ether oxygens (including phenoxy) is 1. The van der Waals surface area contributed by atoms with Crippen molar-refractivity contribution in [1.82, 2.24) is 10.2 Å². The fourth-order valence-corrected chi connectivity index (χ4v) is 2.93. The van der Waals surface area contributed by atoms with Gasteiger partial charge in [-0.15, -0.1) is 0 Å². The minimum atomic E-state index is -0.603. The molecule has 7 nitrogen and oxygen atoms in total. The first-order chi connectivity index (χ1) is 12.8. The molecule has 0 radical (unpaired) electrons. The van der Waals surface area contributed by atoms with Gasteiger partial charge in [0, 0.05) is 23.8 Å². The molecule has 27 heavy (non-hydrogen) atoms. The van der Waals surface area contributed by atoms with E-state index in [4.69, 9.17) is 4.74 Å². The Labute approximate surface area is 159 Å². The summed E-state index contributed by atoms with van der Waals surface area (Å²) in [4.78, 5) is 38.3. The summed E-state index contributed by atoms with van der Waals surface area (Å²) in [5, 5.41) is 5.69. The van der Waals surface area contributed by atoms with Gasteiger partial charge in [-0.2, -0.15) is 0 Å². The third-order valence-corrected chi connectivity index (χ3v) is 4.44. The monoisotopic (exact) mass is 373 g/mol. The van der Waals surface area contributed by atoms with E-state index in [2.05, 4.69) is 10.6 Å². The molecule has 0 bridgehead atoms. The summed E-state index contributed by atoms with van der Waals surface area (Å²) in [6, 6.07) is 6.22. The van der Waals surface area contributed by atoms with Gasteiger partial charge in [-0.1, -0.05) is 26.0 Å². The molecule has 1 atom stereocenters. The fourth-order valence-electron chi connectivity index (χ4n) is 2.93. The number of rotatable bonds is 6. The van der Waals surface area contributed by atoms with Gasteiger partial charge in [-0.3, -0.25) is 9.69 Å². The van der Waals surface area contributed by atoms with Crippen LogP contribution in [0.15, 0.2) is 35.5 Å². The minimum Gasteiger partial charge on any atom is -0.463 e. The molecule has 1 aliphatic heterocycles. The number of esters is 1. The summed E-state index contributed by atoms with van der Waals surface area (Å²) in [6.07, 6.45) is 0. The predicted molar refractivity (Wildman–Crippen MR) is 103 cm³/mol. The number of nitrogens with one attached hydrogen (secondary N) is 2. The van der Waals surface area contributed by atoms with Crippen LogP contribution in [-0.2, 0) is 14.3 Å². The van der Waals surface area contributed by atoms with Gasteiger partial charge in [0.25, 0.3) is 0 Å². The van der Waals surface area contributed by atoms with E-state index >= 15 is 0 Å². The maximum absolute atomic E-state index is 12.5. The summed E-state index contributed by atoms with van der Waals surface area (Å²) in [7, 11) is 0. The van der Waals surface area contributed by atoms with Crippen LogP contribution in [0.3, 0.4) is 0 Å². The van der Waals surface area contributed by atoms with Crippen LogP contribution in [0.2, 0.25) is 0 Å². The molecule has 0 aromatic heterocycles. The number of carbonyl (C=O) groups is 3. The van der Waals surface area contributed by atoms with Crippen molar-refractivity contribution in [2.45, 2.75) is 40.7 Å². The van der Waals surface area contributed by atoms with Crippen LogP contribution in [0.25, 0.3) is 0 Å². The Kier molecular flexibility index (Phi) is 6.60. The Morgan fingerprint density at radius 1 is 1.22 bits per heavy atom. The first kappa shape index (κ1) is 20.5. The second-order valence-electron chi connectivity index (χ2n) is 6.61. The van der Waals surface area contributed by atoms with Crippen LogP contribution in [0, 0.1) is 5.92 Å². The highest BCUT2D eigenvalue weighted by Gasteiger charge is 2.35. The molecule has 3 amide bonds. The van der Waals surface area contributed by atoms with Crippen LogP contribution < -0.4 is 10.6 Å². The van der Waals surface area contributed by atoms with Gasteiger partial charge in [0.15, 0.2) is 0 Å². The summed E-state index contributed by atoms with van der Waals surface area (Å²) in [6.45, 7) is 9.68. The number of amides is 3. The Morgan fingerprint density at radius 3 is 2.37 bits per heavy atom. The van der Waals surface area contributed by atoms with Crippen LogP contribution in [0.4, 0.5) is 10.5 Å². The lowest BCUT2D eigenvalue weighted by molar-refractivity contribution is -0.139. The minimum absolute atomic E-state index is 0.0738. The van der Waals surface area contributed by atoms with Crippen molar-refractivity contribution in [2.24, 2.45) is 5.92 Å². The van der Waals surface area contributed by atoms with E-state index in [9.17, 15) is 14.4 Å². The highest BCUT2D eigenvalue weighted by Crippen LogP contribution is 2.31. The highest BCUT2D eigenvalue weighted by molar-refractivity contribution is 5.95. The molecule has 2 N–H and O–H groups in total. The Hall–Kier alpha value is -2.83. The summed E-state index contributed by atoms with van der Waals surface area (Å²) >= 11 is 0. The summed E-state index contributed by atoms with van der Waals surface area (Å²) in [5.41, 5.74) is 2.40. The summed E-state index contributed by atoms with van der Waals surface area (Å²) < 4.78 is 5.20. The number of carbonyl (C=O) groups excluding carboxylic acids is 3. The molecule has 1 unspecified atom stereocenters. The van der Waals surface area contributed by atoms with Crippen molar-refractivity contribution in [3.8, 4) is 0 Å². The fraction of sp³-hybridized carbons (Fsp3) is 0.450. The first-order valence-corrected chi connectivity index (χ1v) is 9.16. The normalized spacial score (nSPS) is 17.0. The average Bonchev–Trinajstić information content (AvgIpc) is 2.62. The highest BCUT2D eigenvalue weighted by atomic mass is 16.5. The SMILES string of the molecule is CCOC(=O)C1=C(C)N(CC)C(=O)NC1c1ccc(NC(=O)C(C)C)cc1. The lowest BCUT2D eigenvalue weighted by Gasteiger charge is -2.34. The number of hydrogen-bond acceptors (Lipinski definition) is 4. The molecule has 1 aromatic carbocycles. The van der Waals surface area contributed by atoms with Crippen molar-refractivity contribution < 1.29 is 19.1 Å². The van der Waals surface area contributed by atoms with Crippen molar-refractivity contribution in [3.05, 3.63) is 41.1 Å². The quantitative estimate of drug-likeness (QED) is 0.750. The van der Waals surface area contributed by atoms with E-state index in [1.807, 2.05) is 20.8 Å². The number of allylic oxidation sites excluding steroid dienone is 1. The molecule has 1 aromatic rings. The van der Waals surface area contributed by atoms with Gasteiger partial charge >= 0.3 is 12.0 Å². The number of anilines is 1. The number of nitrogens with zero attached hydrogens (tertiary/aromatic N) is 1. The smallest absolute Gasteiger partial charge is 0.338 e. The molecular weight excluding hydrogens is 346 g/mol. The van der Waals surface area contributed by atoms with E-state index in [1.54, 1.807) is 38.1 Å². The molecule has 0 fully saturated rings.